The molecule has 0 radical (unpaired) electrons. The minimum Gasteiger partial charge on any atom is -0.504 e. The zero-order chi connectivity index (χ0) is 26.5. The molecule has 1 aromatic carbocycles. The van der Waals surface area contributed by atoms with Crippen LogP contribution >= 0.6 is 0 Å². The van der Waals surface area contributed by atoms with Crippen molar-refractivity contribution in [2.24, 2.45) is 11.8 Å². The lowest BCUT2D eigenvalue weighted by Gasteiger charge is -2.33. The predicted octanol–water partition coefficient (Wildman–Crippen LogP) is 5.00. The highest BCUT2D eigenvalue weighted by Crippen LogP contribution is 2.45. The van der Waals surface area contributed by atoms with Gasteiger partial charge in [0.25, 0.3) is 0 Å². The van der Waals surface area contributed by atoms with E-state index in [1.165, 1.54) is 16.6 Å². The molecule has 0 amide bonds. The molecule has 1 aliphatic rings. The second-order valence-electron chi connectivity index (χ2n) is 9.71. The number of rotatable bonds is 6. The predicted molar refractivity (Wildman–Crippen MR) is 121 cm³/mol. The van der Waals surface area contributed by atoms with Crippen LogP contribution in [-0.4, -0.2) is 47.7 Å². The third-order valence-electron chi connectivity index (χ3n) is 6.90. The van der Waals surface area contributed by atoms with Gasteiger partial charge in [-0.2, -0.15) is 26.5 Å². The Bertz CT molecular complexity index is 1260. The van der Waals surface area contributed by atoms with Crippen LogP contribution in [-0.2, 0) is 6.42 Å². The number of anilines is 1. The number of nitrogen functional groups attached to an aromatic ring is 1. The van der Waals surface area contributed by atoms with Gasteiger partial charge in [0.1, 0.15) is 5.52 Å². The number of hydrogen-bond acceptors (Lipinski definition) is 7. The number of aromatic nitrogens is 4. The summed E-state index contributed by atoms with van der Waals surface area (Å²) in [5.74, 6) is -1.37. The molecule has 198 valence electrons. The molecule has 3 atom stereocenters. The van der Waals surface area contributed by atoms with E-state index in [1.807, 2.05) is 6.92 Å². The molecule has 4 N–H and O–H groups in total. The van der Waals surface area contributed by atoms with E-state index in [4.69, 9.17) is 5.73 Å². The number of aromatic hydroxyl groups is 1. The van der Waals surface area contributed by atoms with Crippen LogP contribution in [0.3, 0.4) is 0 Å². The Morgan fingerprint density at radius 1 is 1.22 bits per heavy atom. The normalized spacial score (nSPS) is 22.6. The molecule has 0 saturated heterocycles. The molecule has 2 heterocycles. The first-order valence-corrected chi connectivity index (χ1v) is 11.7. The summed E-state index contributed by atoms with van der Waals surface area (Å²) in [6.07, 6.45) is -6.59. The van der Waals surface area contributed by atoms with E-state index in [0.717, 1.165) is 0 Å². The Morgan fingerprint density at radius 3 is 2.61 bits per heavy atom. The van der Waals surface area contributed by atoms with Gasteiger partial charge >= 0.3 is 12.3 Å². The van der Waals surface area contributed by atoms with Gasteiger partial charge in [-0.1, -0.05) is 26.2 Å². The Labute approximate surface area is 203 Å². The molecule has 0 spiro atoms. The summed E-state index contributed by atoms with van der Waals surface area (Å²) in [5, 5.41) is 24.9. The van der Waals surface area contributed by atoms with Crippen molar-refractivity contribution in [2.45, 2.75) is 76.7 Å². The maximum absolute atomic E-state index is 13.5. The van der Waals surface area contributed by atoms with Crippen molar-refractivity contribution in [3.8, 4) is 11.5 Å². The zero-order valence-corrected chi connectivity index (χ0v) is 19.8. The van der Waals surface area contributed by atoms with Gasteiger partial charge in [0.2, 0.25) is 5.95 Å². The molecular weight excluding hydrogens is 489 g/mol. The first kappa shape index (κ1) is 26.1. The topological polar surface area (TPSA) is 119 Å². The van der Waals surface area contributed by atoms with Crippen LogP contribution < -0.4 is 10.5 Å². The summed E-state index contributed by atoms with van der Waals surface area (Å²) >= 11 is 0. The van der Waals surface area contributed by atoms with Crippen molar-refractivity contribution in [2.75, 3.05) is 5.73 Å². The fraction of sp³-hybridized carbons (Fsp3) is 0.609. The van der Waals surface area contributed by atoms with Gasteiger partial charge in [-0.15, -0.1) is 5.10 Å². The Morgan fingerprint density at radius 2 is 1.94 bits per heavy atom. The molecule has 13 heteroatoms. The van der Waals surface area contributed by atoms with Gasteiger partial charge in [-0.25, -0.2) is 9.97 Å². The highest BCUT2D eigenvalue weighted by Gasteiger charge is 2.54. The molecule has 0 aliphatic heterocycles. The third-order valence-corrected chi connectivity index (χ3v) is 6.90. The number of ether oxygens (including phenoxy) is 1. The van der Waals surface area contributed by atoms with Crippen molar-refractivity contribution in [1.82, 2.24) is 19.6 Å². The van der Waals surface area contributed by atoms with Crippen LogP contribution in [0, 0.1) is 11.8 Å². The monoisotopic (exact) mass is 517 g/mol. The maximum Gasteiger partial charge on any atom is 0.417 e. The van der Waals surface area contributed by atoms with E-state index in [1.54, 1.807) is 0 Å². The summed E-state index contributed by atoms with van der Waals surface area (Å²) in [6.45, 7) is 2.37. The number of aryl methyl sites for hydroxylation is 1. The second-order valence-corrected chi connectivity index (χ2v) is 9.71. The van der Waals surface area contributed by atoms with Gasteiger partial charge < -0.3 is 20.7 Å². The van der Waals surface area contributed by atoms with Gasteiger partial charge in [0, 0.05) is 18.7 Å². The van der Waals surface area contributed by atoms with Gasteiger partial charge in [-0.05, 0) is 43.2 Å². The minimum absolute atomic E-state index is 0.112. The number of alkyl halides is 5. The molecule has 1 fully saturated rings. The van der Waals surface area contributed by atoms with Crippen LogP contribution in [0.2, 0.25) is 0 Å². The van der Waals surface area contributed by atoms with E-state index >= 15 is 0 Å². The molecule has 4 rings (SSSR count). The van der Waals surface area contributed by atoms with Crippen LogP contribution in [0.25, 0.3) is 16.6 Å². The number of nitrogens with two attached hydrogens (primary N) is 1. The standard InChI is InChI=1S/C23H28F5N5O3/c1-12(13-5-3-4-10-22(35,11-13)23(26,27)28)6-9-16-30-19-14-7-8-15(34)18(36-21(2,24)25)17(14)31-20(29)33(19)32-16/h7-8,12-13,34-35H,3-6,9-11H2,1-2H3,(H2,29,31). The van der Waals surface area contributed by atoms with Crippen molar-refractivity contribution < 1.29 is 36.9 Å². The van der Waals surface area contributed by atoms with Crippen LogP contribution in [0.15, 0.2) is 12.1 Å². The smallest absolute Gasteiger partial charge is 0.417 e. The SMILES string of the molecule is CC(CCc1nc2c3ccc(O)c(OC(C)(F)F)c3nc(N)n2n1)C1CCCCC(O)(C(F)(F)F)C1. The summed E-state index contributed by atoms with van der Waals surface area (Å²) in [4.78, 5) is 8.52. The molecule has 3 unspecified atom stereocenters. The van der Waals surface area contributed by atoms with Crippen molar-refractivity contribution in [1.29, 1.82) is 0 Å². The fourth-order valence-electron chi connectivity index (χ4n) is 4.89. The van der Waals surface area contributed by atoms with E-state index in [2.05, 4.69) is 19.8 Å². The van der Waals surface area contributed by atoms with Crippen molar-refractivity contribution in [3.63, 3.8) is 0 Å². The summed E-state index contributed by atoms with van der Waals surface area (Å²) < 4.78 is 73.2. The third kappa shape index (κ3) is 5.11. The average Bonchev–Trinajstić information content (AvgIpc) is 3.09. The number of phenolic OH excluding ortho intramolecular Hbond substituents is 1. The largest absolute Gasteiger partial charge is 0.504 e. The van der Waals surface area contributed by atoms with Crippen LogP contribution in [0.4, 0.5) is 27.9 Å². The van der Waals surface area contributed by atoms with Crippen molar-refractivity contribution >= 4 is 22.5 Å². The maximum atomic E-state index is 13.5. The van der Waals surface area contributed by atoms with Crippen molar-refractivity contribution in [3.05, 3.63) is 18.0 Å². The Balaban J connectivity index is 1.58. The quantitative estimate of drug-likeness (QED) is 0.311. The van der Waals surface area contributed by atoms with E-state index in [-0.39, 0.29) is 47.2 Å². The lowest BCUT2D eigenvalue weighted by Crippen LogP contribution is -2.46. The average molecular weight is 517 g/mol. The molecule has 1 aliphatic carbocycles. The second kappa shape index (κ2) is 9.16. The Hall–Kier alpha value is -2.96. The zero-order valence-electron chi connectivity index (χ0n) is 19.8. The molecule has 2 aromatic heterocycles. The molecule has 8 nitrogen and oxygen atoms in total. The minimum atomic E-state index is -4.68. The summed E-state index contributed by atoms with van der Waals surface area (Å²) in [5.41, 5.74) is 3.39. The first-order valence-electron chi connectivity index (χ1n) is 11.7. The number of hydrogen-bond donors (Lipinski definition) is 3. The highest BCUT2D eigenvalue weighted by molar-refractivity contribution is 5.97. The van der Waals surface area contributed by atoms with Gasteiger partial charge in [-0.3, -0.25) is 0 Å². The lowest BCUT2D eigenvalue weighted by atomic mass is 9.80. The molecule has 3 aromatic rings. The number of nitrogens with zero attached hydrogens (tertiary/aromatic N) is 4. The number of halogens is 5. The van der Waals surface area contributed by atoms with Gasteiger partial charge in [0.05, 0.1) is 0 Å². The van der Waals surface area contributed by atoms with E-state index in [9.17, 15) is 32.2 Å². The summed E-state index contributed by atoms with van der Waals surface area (Å²) in [6, 6.07) is 2.60. The van der Waals surface area contributed by atoms with Gasteiger partial charge in [0.15, 0.2) is 28.6 Å². The number of fused-ring (bicyclic) bond motifs is 3. The Kier molecular flexibility index (Phi) is 6.65. The summed E-state index contributed by atoms with van der Waals surface area (Å²) in [7, 11) is 0. The molecule has 36 heavy (non-hydrogen) atoms. The molecule has 0 bridgehead atoms. The number of aliphatic hydroxyl groups is 1. The fourth-order valence-corrected chi connectivity index (χ4v) is 4.89. The number of phenols is 1. The lowest BCUT2D eigenvalue weighted by molar-refractivity contribution is -0.268. The molecule has 1 saturated carbocycles. The van der Waals surface area contributed by atoms with Crippen LogP contribution in [0.1, 0.15) is 58.2 Å². The molecular formula is C23H28F5N5O3. The van der Waals surface area contributed by atoms with E-state index in [0.29, 0.717) is 44.9 Å². The number of benzene rings is 1. The highest BCUT2D eigenvalue weighted by atomic mass is 19.4. The van der Waals surface area contributed by atoms with E-state index < -0.39 is 29.4 Å². The van der Waals surface area contributed by atoms with Crippen LogP contribution in [0.5, 0.6) is 11.5 Å². The first-order chi connectivity index (χ1) is 16.7.